The van der Waals surface area contributed by atoms with Gasteiger partial charge in [0.2, 0.25) is 12.1 Å². The SMILES string of the molecule is Cc1ccc(C(=O)C(=Cc2c3ccccc3cc3ccccc23)n2cnc([N+](=O)[O-])c2)cc1. The van der Waals surface area contributed by atoms with Gasteiger partial charge in [-0.1, -0.05) is 78.4 Å². The van der Waals surface area contributed by atoms with Gasteiger partial charge in [0.05, 0.1) is 5.70 Å². The molecular weight excluding hydrogens is 414 g/mol. The van der Waals surface area contributed by atoms with Crippen LogP contribution in [0.15, 0.2) is 91.4 Å². The van der Waals surface area contributed by atoms with E-state index in [0.717, 1.165) is 32.7 Å². The zero-order valence-corrected chi connectivity index (χ0v) is 17.8. The van der Waals surface area contributed by atoms with E-state index < -0.39 is 4.92 Å². The average Bonchev–Trinajstić information content (AvgIpc) is 3.32. The Morgan fingerprint density at radius 2 is 1.55 bits per heavy atom. The van der Waals surface area contributed by atoms with Crippen molar-refractivity contribution in [3.63, 3.8) is 0 Å². The number of nitrogens with zero attached hydrogens (tertiary/aromatic N) is 3. The van der Waals surface area contributed by atoms with Gasteiger partial charge in [-0.3, -0.25) is 9.36 Å². The Kier molecular flexibility index (Phi) is 5.03. The fraction of sp³-hybridized carbons (Fsp3) is 0.0370. The maximum Gasteiger partial charge on any atom is 0.381 e. The number of fused-ring (bicyclic) bond motifs is 2. The van der Waals surface area contributed by atoms with Crippen LogP contribution in [0.2, 0.25) is 0 Å². The van der Waals surface area contributed by atoms with Crippen LogP contribution in [-0.2, 0) is 0 Å². The van der Waals surface area contributed by atoms with Crippen LogP contribution in [0.3, 0.4) is 0 Å². The number of aromatic nitrogens is 2. The molecule has 0 atom stereocenters. The van der Waals surface area contributed by atoms with E-state index in [2.05, 4.69) is 11.1 Å². The molecule has 0 unspecified atom stereocenters. The highest BCUT2D eigenvalue weighted by molar-refractivity contribution is 6.29. The van der Waals surface area contributed by atoms with Crippen LogP contribution in [0.4, 0.5) is 5.82 Å². The van der Waals surface area contributed by atoms with E-state index in [9.17, 15) is 14.9 Å². The van der Waals surface area contributed by atoms with Gasteiger partial charge < -0.3 is 10.1 Å². The van der Waals surface area contributed by atoms with Crippen molar-refractivity contribution in [3.05, 3.63) is 118 Å². The van der Waals surface area contributed by atoms with Gasteiger partial charge in [-0.05, 0) is 56.1 Å². The molecular formula is C27H19N3O3. The molecule has 0 fully saturated rings. The Balaban J connectivity index is 1.80. The number of hydrogen-bond donors (Lipinski definition) is 0. The summed E-state index contributed by atoms with van der Waals surface area (Å²) in [6, 6.07) is 25.3. The zero-order chi connectivity index (χ0) is 22.9. The largest absolute Gasteiger partial charge is 0.381 e. The molecule has 6 heteroatoms. The van der Waals surface area contributed by atoms with Crippen LogP contribution >= 0.6 is 0 Å². The van der Waals surface area contributed by atoms with Crippen LogP contribution in [-0.4, -0.2) is 20.3 Å². The number of carbonyl (C=O) groups is 1. The summed E-state index contributed by atoms with van der Waals surface area (Å²) in [6.07, 6.45) is 4.38. The first-order valence-corrected chi connectivity index (χ1v) is 10.4. The molecule has 0 aliphatic rings. The Morgan fingerprint density at radius 1 is 0.939 bits per heavy atom. The summed E-state index contributed by atoms with van der Waals surface area (Å²) >= 11 is 0. The molecule has 0 aliphatic heterocycles. The summed E-state index contributed by atoms with van der Waals surface area (Å²) in [6.45, 7) is 1.95. The van der Waals surface area contributed by atoms with Gasteiger partial charge in [0.25, 0.3) is 0 Å². The third-order valence-electron chi connectivity index (χ3n) is 5.67. The fourth-order valence-electron chi connectivity index (χ4n) is 3.99. The van der Waals surface area contributed by atoms with E-state index in [4.69, 9.17) is 0 Å². The van der Waals surface area contributed by atoms with Gasteiger partial charge in [0, 0.05) is 5.56 Å². The smallest absolute Gasteiger partial charge is 0.358 e. The lowest BCUT2D eigenvalue weighted by Gasteiger charge is -2.12. The number of hydrogen-bond acceptors (Lipinski definition) is 4. The minimum Gasteiger partial charge on any atom is -0.358 e. The van der Waals surface area contributed by atoms with Crippen LogP contribution < -0.4 is 0 Å². The van der Waals surface area contributed by atoms with E-state index in [1.54, 1.807) is 18.2 Å². The Hall–Kier alpha value is -4.58. The van der Waals surface area contributed by atoms with E-state index in [-0.39, 0.29) is 17.3 Å². The molecule has 1 aromatic heterocycles. The second kappa shape index (κ2) is 8.16. The molecule has 6 nitrogen and oxygen atoms in total. The summed E-state index contributed by atoms with van der Waals surface area (Å²) in [5.41, 5.74) is 2.68. The summed E-state index contributed by atoms with van der Waals surface area (Å²) in [7, 11) is 0. The van der Waals surface area contributed by atoms with Crippen LogP contribution in [0.25, 0.3) is 33.3 Å². The van der Waals surface area contributed by atoms with Crippen LogP contribution in [0.1, 0.15) is 21.5 Å². The minimum absolute atomic E-state index is 0.251. The number of imidazole rings is 1. The molecule has 0 radical (unpaired) electrons. The highest BCUT2D eigenvalue weighted by Crippen LogP contribution is 2.32. The molecule has 0 N–H and O–H groups in total. The van der Waals surface area contributed by atoms with E-state index >= 15 is 0 Å². The molecule has 1 heterocycles. The van der Waals surface area contributed by atoms with Crippen molar-refractivity contribution in [2.24, 2.45) is 0 Å². The summed E-state index contributed by atoms with van der Waals surface area (Å²) in [5.74, 6) is -0.570. The fourth-order valence-corrected chi connectivity index (χ4v) is 3.99. The summed E-state index contributed by atoms with van der Waals surface area (Å²) in [5, 5.41) is 15.3. The molecule has 0 bridgehead atoms. The lowest BCUT2D eigenvalue weighted by Crippen LogP contribution is -2.08. The molecule has 0 saturated heterocycles. The van der Waals surface area contributed by atoms with Crippen molar-refractivity contribution in [1.82, 2.24) is 9.55 Å². The third-order valence-corrected chi connectivity index (χ3v) is 5.67. The number of aryl methyl sites for hydroxylation is 1. The van der Waals surface area contributed by atoms with Crippen molar-refractivity contribution in [1.29, 1.82) is 0 Å². The lowest BCUT2D eigenvalue weighted by atomic mass is 9.95. The van der Waals surface area contributed by atoms with Crippen LogP contribution in [0, 0.1) is 17.0 Å². The predicted molar refractivity (Wildman–Crippen MR) is 130 cm³/mol. The van der Waals surface area contributed by atoms with Gasteiger partial charge in [-0.15, -0.1) is 0 Å². The molecule has 33 heavy (non-hydrogen) atoms. The first kappa shape index (κ1) is 20.3. The number of allylic oxidation sites excluding steroid dienone is 1. The zero-order valence-electron chi connectivity index (χ0n) is 17.8. The van der Waals surface area contributed by atoms with Crippen molar-refractivity contribution in [3.8, 4) is 0 Å². The molecule has 0 aliphatic carbocycles. The topological polar surface area (TPSA) is 78.0 Å². The Bertz CT molecular complexity index is 1510. The predicted octanol–water partition coefficient (Wildman–Crippen LogP) is 6.29. The number of nitro groups is 1. The summed E-state index contributed by atoms with van der Waals surface area (Å²) in [4.78, 5) is 28.2. The molecule has 0 amide bonds. The molecule has 160 valence electrons. The van der Waals surface area contributed by atoms with Crippen molar-refractivity contribution >= 4 is 44.9 Å². The third kappa shape index (κ3) is 3.78. The second-order valence-electron chi connectivity index (χ2n) is 7.85. The molecule has 0 saturated carbocycles. The Labute approximate surface area is 189 Å². The van der Waals surface area contributed by atoms with Gasteiger partial charge in [-0.2, -0.15) is 0 Å². The van der Waals surface area contributed by atoms with Crippen molar-refractivity contribution < 1.29 is 9.72 Å². The standard InChI is InChI=1S/C27H19N3O3/c1-18-10-12-19(13-11-18)27(31)25(29-16-26(28-17-29)30(32)33)15-24-22-8-4-2-6-20(22)14-21-7-3-5-9-23(21)24/h2-17H,1H3. The van der Waals surface area contributed by atoms with Gasteiger partial charge >= 0.3 is 5.82 Å². The molecule has 4 aromatic carbocycles. The van der Waals surface area contributed by atoms with Crippen molar-refractivity contribution in [2.75, 3.05) is 0 Å². The number of carbonyl (C=O) groups excluding carboxylic acids is 1. The van der Waals surface area contributed by atoms with Crippen LogP contribution in [0.5, 0.6) is 0 Å². The monoisotopic (exact) mass is 433 g/mol. The highest BCUT2D eigenvalue weighted by Gasteiger charge is 2.20. The van der Waals surface area contributed by atoms with E-state index in [0.29, 0.717) is 5.56 Å². The number of rotatable bonds is 5. The number of benzene rings is 4. The maximum atomic E-state index is 13.6. The highest BCUT2D eigenvalue weighted by atomic mass is 16.6. The average molecular weight is 433 g/mol. The second-order valence-corrected chi connectivity index (χ2v) is 7.85. The minimum atomic E-state index is -0.572. The first-order chi connectivity index (χ1) is 16.0. The van der Waals surface area contributed by atoms with Gasteiger partial charge in [0.15, 0.2) is 0 Å². The number of ketones is 1. The quantitative estimate of drug-likeness (QED) is 0.107. The van der Waals surface area contributed by atoms with E-state index in [1.807, 2.05) is 67.6 Å². The molecule has 0 spiro atoms. The first-order valence-electron chi connectivity index (χ1n) is 10.4. The molecule has 5 rings (SSSR count). The normalized spacial score (nSPS) is 11.7. The Morgan fingerprint density at radius 3 is 2.12 bits per heavy atom. The maximum absolute atomic E-state index is 13.6. The van der Waals surface area contributed by atoms with Crippen molar-refractivity contribution in [2.45, 2.75) is 6.92 Å². The van der Waals surface area contributed by atoms with E-state index in [1.165, 1.54) is 17.1 Å². The summed E-state index contributed by atoms with van der Waals surface area (Å²) < 4.78 is 1.43. The number of Topliss-reactive ketones (excluding diaryl/α,β-unsaturated/α-hetero) is 1. The van der Waals surface area contributed by atoms with Gasteiger partial charge in [-0.25, -0.2) is 0 Å². The molecule has 5 aromatic rings. The lowest BCUT2D eigenvalue weighted by molar-refractivity contribution is -0.389. The van der Waals surface area contributed by atoms with Gasteiger partial charge in [0.1, 0.15) is 6.20 Å².